The Hall–Kier alpha value is -6.86. The second-order valence-corrected chi connectivity index (χ2v) is 14.6. The maximum absolute atomic E-state index is 13.2. The fourth-order valence-corrected chi connectivity index (χ4v) is 6.74. The summed E-state index contributed by atoms with van der Waals surface area (Å²) in [6.45, 7) is 2.40. The van der Waals surface area contributed by atoms with Crippen molar-refractivity contribution >= 4 is 35.1 Å². The summed E-state index contributed by atoms with van der Waals surface area (Å²) in [6, 6.07) is 24.4. The number of nitrogens with one attached hydrogen (secondary N) is 1. The number of alkyl halides is 6. The Morgan fingerprint density at radius 2 is 1.11 bits per heavy atom. The molecule has 0 spiro atoms. The van der Waals surface area contributed by atoms with Crippen LogP contribution in [-0.4, -0.2) is 92.6 Å². The van der Waals surface area contributed by atoms with E-state index < -0.39 is 36.5 Å². The number of Topliss-reactive ketones (excluding diaryl/α,β-unsaturated/α-hetero) is 1. The van der Waals surface area contributed by atoms with Crippen LogP contribution in [0.4, 0.5) is 47.3 Å². The Morgan fingerprint density at radius 3 is 1.52 bits per heavy atom. The van der Waals surface area contributed by atoms with Crippen LogP contribution < -0.4 is 15.1 Å². The van der Waals surface area contributed by atoms with E-state index in [1.54, 1.807) is 32.1 Å². The van der Waals surface area contributed by atoms with E-state index in [0.717, 1.165) is 44.2 Å². The number of halogens is 6. The first-order valence-electron chi connectivity index (χ1n) is 20.1. The van der Waals surface area contributed by atoms with Gasteiger partial charge in [-0.05, 0) is 87.1 Å². The molecule has 5 amide bonds. The van der Waals surface area contributed by atoms with Gasteiger partial charge in [0.15, 0.2) is 5.78 Å². The predicted molar refractivity (Wildman–Crippen MR) is 217 cm³/mol. The minimum absolute atomic E-state index is 0.0600. The van der Waals surface area contributed by atoms with Crippen LogP contribution in [0.15, 0.2) is 102 Å². The molecule has 2 saturated heterocycles. The van der Waals surface area contributed by atoms with Crippen LogP contribution in [0.5, 0.6) is 0 Å². The lowest BCUT2D eigenvalue weighted by atomic mass is 10.1. The van der Waals surface area contributed by atoms with Gasteiger partial charge in [0.05, 0.1) is 36.6 Å². The number of urea groups is 2. The number of rotatable bonds is 10. The SMILES string of the molecule is O=C(CNC(=O)C(F)(F)F)c1ccc(CN(C(=O)N2CCCCC2)c2ccccc2)nc1.O=C(N1CCCCC1)N(Cc1ccc(-c2nnc(C(F)(F)F)o2)cn1)c1ccccc1. The van der Waals surface area contributed by atoms with Crippen molar-refractivity contribution in [2.75, 3.05) is 42.5 Å². The number of ketones is 1. The highest BCUT2D eigenvalue weighted by Crippen LogP contribution is 2.30. The van der Waals surface area contributed by atoms with Crippen LogP contribution in [0.3, 0.4) is 0 Å². The van der Waals surface area contributed by atoms with Gasteiger partial charge in [0.2, 0.25) is 5.89 Å². The molecule has 0 bridgehead atoms. The fourth-order valence-electron chi connectivity index (χ4n) is 6.74. The molecule has 7 rings (SSSR count). The van der Waals surface area contributed by atoms with Gasteiger partial charge in [-0.25, -0.2) is 9.59 Å². The van der Waals surface area contributed by atoms with Gasteiger partial charge >= 0.3 is 36.2 Å². The standard InChI is InChI=1S/C22H23F3N4O3.C21H20F3N5O2/c23-22(24,25)20(31)27-14-19(30)16-9-10-17(26-13-16)15-29(18-7-3-1-4-8-18)21(32)28-11-5-2-6-12-28;22-21(23,24)19-27-26-18(31-19)15-9-10-16(25-13-15)14-29(17-7-3-1-4-8-17)20(30)28-11-5-2-6-12-28/h1,3-4,7-10,13H,2,5-6,11-12,14-15H2,(H,27,31);1,3-4,7-10,13H,2,5-6,11-12,14H2. The molecule has 5 aromatic rings. The van der Waals surface area contributed by atoms with Crippen molar-refractivity contribution in [3.63, 3.8) is 0 Å². The monoisotopic (exact) mass is 879 g/mol. The zero-order valence-electron chi connectivity index (χ0n) is 33.8. The summed E-state index contributed by atoms with van der Waals surface area (Å²) in [4.78, 5) is 64.6. The lowest BCUT2D eigenvalue weighted by Gasteiger charge is -2.33. The third-order valence-corrected chi connectivity index (χ3v) is 10.0. The number of likely N-dealkylation sites (tertiary alicyclic amines) is 2. The minimum atomic E-state index is -5.05. The number of carbonyl (C=O) groups is 4. The maximum Gasteiger partial charge on any atom is 0.471 e. The Kier molecular flexibility index (Phi) is 15.1. The van der Waals surface area contributed by atoms with Gasteiger partial charge < -0.3 is 19.5 Å². The number of carbonyl (C=O) groups excluding carboxylic acids is 4. The van der Waals surface area contributed by atoms with E-state index in [4.69, 9.17) is 0 Å². The van der Waals surface area contributed by atoms with Crippen LogP contribution in [0.25, 0.3) is 11.5 Å². The molecule has 0 aliphatic carbocycles. The van der Waals surface area contributed by atoms with Crippen LogP contribution >= 0.6 is 0 Å². The first-order chi connectivity index (χ1) is 30.2. The van der Waals surface area contributed by atoms with Crippen molar-refractivity contribution in [2.45, 2.75) is 64.0 Å². The van der Waals surface area contributed by atoms with E-state index in [1.807, 2.05) is 65.6 Å². The lowest BCUT2D eigenvalue weighted by Crippen LogP contribution is -2.45. The molecule has 0 atom stereocenters. The van der Waals surface area contributed by atoms with Crippen LogP contribution in [0, 0.1) is 0 Å². The molecule has 3 aromatic heterocycles. The van der Waals surface area contributed by atoms with Crippen molar-refractivity contribution < 1.29 is 49.9 Å². The number of benzene rings is 2. The number of piperidine rings is 2. The van der Waals surface area contributed by atoms with Crippen molar-refractivity contribution in [3.05, 3.63) is 120 Å². The van der Waals surface area contributed by atoms with Crippen LogP contribution in [0.1, 0.15) is 66.2 Å². The molecular formula is C43H43F6N9O5. The van der Waals surface area contributed by atoms with E-state index in [9.17, 15) is 45.5 Å². The van der Waals surface area contributed by atoms with Gasteiger partial charge in [-0.1, -0.05) is 36.4 Å². The highest BCUT2D eigenvalue weighted by Gasteiger charge is 2.39. The van der Waals surface area contributed by atoms with E-state index >= 15 is 0 Å². The topological polar surface area (TPSA) is 158 Å². The zero-order chi connectivity index (χ0) is 45.0. The summed E-state index contributed by atoms with van der Waals surface area (Å²) in [5.41, 5.74) is 2.87. The quantitative estimate of drug-likeness (QED) is 0.108. The molecular weight excluding hydrogens is 837 g/mol. The number of pyridine rings is 2. The summed E-state index contributed by atoms with van der Waals surface area (Å²) < 4.78 is 79.4. The van der Waals surface area contributed by atoms with Gasteiger partial charge in [-0.15, -0.1) is 10.2 Å². The van der Waals surface area contributed by atoms with Crippen LogP contribution in [-0.2, 0) is 24.1 Å². The van der Waals surface area contributed by atoms with Crippen molar-refractivity contribution in [2.24, 2.45) is 0 Å². The van der Waals surface area contributed by atoms with Gasteiger partial charge in [-0.2, -0.15) is 26.3 Å². The zero-order valence-corrected chi connectivity index (χ0v) is 33.8. The summed E-state index contributed by atoms with van der Waals surface area (Å²) in [5.74, 6) is -4.55. The molecule has 1 N–H and O–H groups in total. The Morgan fingerprint density at radius 1 is 0.619 bits per heavy atom. The molecule has 14 nitrogen and oxygen atoms in total. The van der Waals surface area contributed by atoms with Crippen LogP contribution in [0.2, 0.25) is 0 Å². The first-order valence-corrected chi connectivity index (χ1v) is 20.1. The largest absolute Gasteiger partial charge is 0.471 e. The molecule has 20 heteroatoms. The van der Waals surface area contributed by atoms with E-state index in [1.165, 1.54) is 24.5 Å². The van der Waals surface area contributed by atoms with Crippen molar-refractivity contribution in [1.29, 1.82) is 0 Å². The van der Waals surface area contributed by atoms with Gasteiger partial charge in [0.25, 0.3) is 0 Å². The highest BCUT2D eigenvalue weighted by molar-refractivity contribution is 5.99. The third kappa shape index (κ3) is 12.6. The first kappa shape index (κ1) is 45.7. The van der Waals surface area contributed by atoms with E-state index in [2.05, 4.69) is 24.6 Å². The van der Waals surface area contributed by atoms with Gasteiger partial charge in [0, 0.05) is 55.5 Å². The van der Waals surface area contributed by atoms with Gasteiger partial charge in [0.1, 0.15) is 0 Å². The number of nitrogens with zero attached hydrogens (tertiary/aromatic N) is 8. The number of hydrogen-bond acceptors (Lipinski definition) is 9. The molecule has 2 aromatic carbocycles. The Bertz CT molecular complexity index is 2280. The number of para-hydroxylation sites is 2. The number of amides is 5. The molecule has 332 valence electrons. The minimum Gasteiger partial charge on any atom is -0.413 e. The Labute approximate surface area is 357 Å². The molecule has 63 heavy (non-hydrogen) atoms. The van der Waals surface area contributed by atoms with E-state index in [-0.39, 0.29) is 42.2 Å². The average molecular weight is 880 g/mol. The normalized spacial score (nSPS) is 14.3. The molecule has 0 saturated carbocycles. The lowest BCUT2D eigenvalue weighted by molar-refractivity contribution is -0.173. The second-order valence-electron chi connectivity index (χ2n) is 14.6. The summed E-state index contributed by atoms with van der Waals surface area (Å²) in [7, 11) is 0. The molecule has 5 heterocycles. The number of anilines is 2. The van der Waals surface area contributed by atoms with Gasteiger partial charge in [-0.3, -0.25) is 29.4 Å². The number of aromatic nitrogens is 4. The van der Waals surface area contributed by atoms with Crippen molar-refractivity contribution in [3.8, 4) is 11.5 Å². The highest BCUT2D eigenvalue weighted by atomic mass is 19.4. The molecule has 0 radical (unpaired) electrons. The van der Waals surface area contributed by atoms with Crippen molar-refractivity contribution in [1.82, 2.24) is 35.3 Å². The smallest absolute Gasteiger partial charge is 0.413 e. The summed E-state index contributed by atoms with van der Waals surface area (Å²) in [5, 5.41) is 7.99. The molecule has 2 fully saturated rings. The summed E-state index contributed by atoms with van der Waals surface area (Å²) >= 11 is 0. The second kappa shape index (κ2) is 20.8. The maximum atomic E-state index is 13.2. The Balaban J connectivity index is 0.000000210. The average Bonchev–Trinajstić information content (AvgIpc) is 3.82. The third-order valence-electron chi connectivity index (χ3n) is 10.0. The summed E-state index contributed by atoms with van der Waals surface area (Å²) in [6.07, 6.45) is -1.10. The fraction of sp³-hybridized carbons (Fsp3) is 0.349. The molecule has 2 aliphatic rings. The molecule has 2 aliphatic heterocycles. The van der Waals surface area contributed by atoms with E-state index in [0.29, 0.717) is 43.3 Å². The predicted octanol–water partition coefficient (Wildman–Crippen LogP) is 8.32. The number of hydrogen-bond donors (Lipinski definition) is 1. The molecule has 0 unspecified atom stereocenters.